The molecular formula is C19H16FN5O. The zero-order chi connectivity index (χ0) is 18.1. The molecule has 1 aliphatic heterocycles. The molecule has 2 atom stereocenters. The number of nitrogens with zero attached hydrogens (tertiary/aromatic N) is 3. The van der Waals surface area contributed by atoms with E-state index in [9.17, 15) is 9.18 Å². The minimum absolute atomic E-state index is 0.303. The van der Waals surface area contributed by atoms with Crippen LogP contribution in [0.2, 0.25) is 0 Å². The molecule has 0 bridgehead atoms. The van der Waals surface area contributed by atoms with Crippen LogP contribution in [0.15, 0.2) is 73.2 Å². The highest BCUT2D eigenvalue weighted by Crippen LogP contribution is 2.38. The van der Waals surface area contributed by atoms with Crippen LogP contribution in [0, 0.1) is 11.7 Å². The maximum absolute atomic E-state index is 14.5. The van der Waals surface area contributed by atoms with Crippen molar-refractivity contribution in [1.29, 1.82) is 0 Å². The first-order valence-corrected chi connectivity index (χ1v) is 8.11. The zero-order valence-electron chi connectivity index (χ0n) is 13.8. The van der Waals surface area contributed by atoms with E-state index in [0.29, 0.717) is 22.9 Å². The molecule has 0 saturated heterocycles. The molecule has 2 unspecified atom stereocenters. The fraction of sp³-hybridized carbons (Fsp3) is 0.105. The molecule has 7 heteroatoms. The summed E-state index contributed by atoms with van der Waals surface area (Å²) in [6, 6.07) is 14.7. The van der Waals surface area contributed by atoms with E-state index in [2.05, 4.69) is 27.3 Å². The number of halogens is 1. The summed E-state index contributed by atoms with van der Waals surface area (Å²) in [7, 11) is 0. The smallest absolute Gasteiger partial charge is 0.235 e. The molecule has 0 spiro atoms. The Kier molecular flexibility index (Phi) is 3.96. The predicted molar refractivity (Wildman–Crippen MR) is 95.9 cm³/mol. The minimum atomic E-state index is -0.763. The Hall–Kier alpha value is -3.48. The Labute approximate surface area is 149 Å². The van der Waals surface area contributed by atoms with Crippen molar-refractivity contribution in [2.75, 3.05) is 10.6 Å². The lowest BCUT2D eigenvalue weighted by Crippen LogP contribution is -2.40. The first-order chi connectivity index (χ1) is 12.6. The number of para-hydroxylation sites is 1. The summed E-state index contributed by atoms with van der Waals surface area (Å²) in [6.45, 7) is 3.97. The van der Waals surface area contributed by atoms with Crippen LogP contribution in [0.5, 0.6) is 0 Å². The molecule has 1 aromatic heterocycles. The summed E-state index contributed by atoms with van der Waals surface area (Å²) >= 11 is 0. The Morgan fingerprint density at radius 3 is 2.65 bits per heavy atom. The summed E-state index contributed by atoms with van der Waals surface area (Å²) in [5.74, 6) is -1.05. The summed E-state index contributed by atoms with van der Waals surface area (Å²) in [4.78, 5) is 17.1. The van der Waals surface area contributed by atoms with E-state index in [1.54, 1.807) is 30.3 Å². The molecule has 0 aliphatic carbocycles. The molecule has 0 fully saturated rings. The summed E-state index contributed by atoms with van der Waals surface area (Å²) in [5.41, 5.74) is 1.45. The molecule has 0 radical (unpaired) electrons. The number of benzene rings is 2. The van der Waals surface area contributed by atoms with Gasteiger partial charge in [-0.1, -0.05) is 43.0 Å². The molecule has 2 heterocycles. The largest absolute Gasteiger partial charge is 0.328 e. The van der Waals surface area contributed by atoms with Gasteiger partial charge in [-0.25, -0.2) is 9.07 Å². The predicted octanol–water partition coefficient (Wildman–Crippen LogP) is 3.20. The van der Waals surface area contributed by atoms with Gasteiger partial charge in [0.05, 0.1) is 0 Å². The standard InChI is InChI=1S/C19H16FN5O/c1-12-16(18(26)24-13-7-3-2-4-8-13)17(14-9-5-6-10-15(14)20)25-19(23-12)21-11-22-25/h2-11,16-17H,1H2,(H,24,26)(H,21,22,23). The van der Waals surface area contributed by atoms with Crippen LogP contribution < -0.4 is 10.6 Å². The van der Waals surface area contributed by atoms with Gasteiger partial charge in [-0.05, 0) is 18.2 Å². The van der Waals surface area contributed by atoms with Crippen molar-refractivity contribution in [3.8, 4) is 0 Å². The number of hydrogen-bond acceptors (Lipinski definition) is 4. The van der Waals surface area contributed by atoms with Gasteiger partial charge < -0.3 is 10.6 Å². The third kappa shape index (κ3) is 2.73. The number of fused-ring (bicyclic) bond motifs is 1. The third-order valence-electron chi connectivity index (χ3n) is 4.35. The van der Waals surface area contributed by atoms with E-state index in [4.69, 9.17) is 0 Å². The van der Waals surface area contributed by atoms with E-state index in [0.717, 1.165) is 0 Å². The SMILES string of the molecule is C=C1Nc2ncnn2C(c2ccccc2F)C1C(=O)Nc1ccccc1. The van der Waals surface area contributed by atoms with Crippen LogP contribution in [0.1, 0.15) is 11.6 Å². The Bertz CT molecular complexity index is 969. The second-order valence-electron chi connectivity index (χ2n) is 5.98. The molecule has 2 N–H and O–H groups in total. The summed E-state index contributed by atoms with van der Waals surface area (Å²) in [5, 5.41) is 10.0. The normalized spacial score (nSPS) is 18.7. The number of rotatable bonds is 3. The minimum Gasteiger partial charge on any atom is -0.328 e. The number of nitrogens with one attached hydrogen (secondary N) is 2. The first kappa shape index (κ1) is 16.0. The van der Waals surface area contributed by atoms with Gasteiger partial charge in [0, 0.05) is 16.9 Å². The average molecular weight is 349 g/mol. The van der Waals surface area contributed by atoms with E-state index in [1.807, 2.05) is 18.2 Å². The van der Waals surface area contributed by atoms with E-state index >= 15 is 0 Å². The van der Waals surface area contributed by atoms with Crippen molar-refractivity contribution in [2.45, 2.75) is 6.04 Å². The third-order valence-corrected chi connectivity index (χ3v) is 4.35. The van der Waals surface area contributed by atoms with Crippen LogP contribution in [-0.2, 0) is 4.79 Å². The van der Waals surface area contributed by atoms with Crippen molar-refractivity contribution in [3.63, 3.8) is 0 Å². The lowest BCUT2D eigenvalue weighted by atomic mass is 9.88. The van der Waals surface area contributed by atoms with Gasteiger partial charge in [0.15, 0.2) is 0 Å². The summed E-state index contributed by atoms with van der Waals surface area (Å²) < 4.78 is 16.0. The molecular weight excluding hydrogens is 333 g/mol. The first-order valence-electron chi connectivity index (χ1n) is 8.11. The van der Waals surface area contributed by atoms with Crippen molar-refractivity contribution in [3.05, 3.63) is 84.6 Å². The van der Waals surface area contributed by atoms with Crippen LogP contribution in [0.25, 0.3) is 0 Å². The molecule has 1 amide bonds. The monoisotopic (exact) mass is 349 g/mol. The quantitative estimate of drug-likeness (QED) is 0.762. The second kappa shape index (κ2) is 6.44. The highest BCUT2D eigenvalue weighted by molar-refractivity contribution is 5.95. The number of carbonyl (C=O) groups is 1. The van der Waals surface area contributed by atoms with Gasteiger partial charge >= 0.3 is 0 Å². The van der Waals surface area contributed by atoms with Gasteiger partial charge in [-0.2, -0.15) is 10.1 Å². The molecule has 6 nitrogen and oxygen atoms in total. The highest BCUT2D eigenvalue weighted by Gasteiger charge is 2.40. The number of amides is 1. The number of carbonyl (C=O) groups excluding carboxylic acids is 1. The van der Waals surface area contributed by atoms with Gasteiger partial charge in [-0.3, -0.25) is 4.79 Å². The van der Waals surface area contributed by atoms with Crippen LogP contribution >= 0.6 is 0 Å². The van der Waals surface area contributed by atoms with Crippen LogP contribution in [0.4, 0.5) is 16.0 Å². The van der Waals surface area contributed by atoms with Crippen molar-refractivity contribution in [2.24, 2.45) is 5.92 Å². The fourth-order valence-electron chi connectivity index (χ4n) is 3.17. The average Bonchev–Trinajstić information content (AvgIpc) is 3.10. The second-order valence-corrected chi connectivity index (χ2v) is 5.98. The van der Waals surface area contributed by atoms with E-state index < -0.39 is 17.8 Å². The maximum atomic E-state index is 14.5. The number of anilines is 2. The Morgan fingerprint density at radius 2 is 1.88 bits per heavy atom. The van der Waals surface area contributed by atoms with Crippen LogP contribution in [0.3, 0.4) is 0 Å². The van der Waals surface area contributed by atoms with Crippen molar-refractivity contribution >= 4 is 17.5 Å². The molecule has 0 saturated carbocycles. The fourth-order valence-corrected chi connectivity index (χ4v) is 3.17. The van der Waals surface area contributed by atoms with Gasteiger partial charge in [0.25, 0.3) is 0 Å². The molecule has 3 aromatic rings. The lowest BCUT2D eigenvalue weighted by Gasteiger charge is -2.33. The maximum Gasteiger partial charge on any atom is 0.235 e. The highest BCUT2D eigenvalue weighted by atomic mass is 19.1. The number of hydrogen-bond donors (Lipinski definition) is 2. The topological polar surface area (TPSA) is 71.8 Å². The molecule has 2 aromatic carbocycles. The van der Waals surface area contributed by atoms with Gasteiger partial charge in [-0.15, -0.1) is 0 Å². The van der Waals surface area contributed by atoms with Crippen molar-refractivity contribution < 1.29 is 9.18 Å². The van der Waals surface area contributed by atoms with Crippen LogP contribution in [-0.4, -0.2) is 20.7 Å². The Balaban J connectivity index is 1.77. The van der Waals surface area contributed by atoms with Gasteiger partial charge in [0.1, 0.15) is 24.1 Å². The molecule has 130 valence electrons. The summed E-state index contributed by atoms with van der Waals surface area (Å²) in [6.07, 6.45) is 1.36. The molecule has 4 rings (SSSR count). The molecule has 26 heavy (non-hydrogen) atoms. The van der Waals surface area contributed by atoms with Gasteiger partial charge in [0.2, 0.25) is 11.9 Å². The Morgan fingerprint density at radius 1 is 1.15 bits per heavy atom. The number of aromatic nitrogens is 3. The van der Waals surface area contributed by atoms with E-state index in [1.165, 1.54) is 17.1 Å². The lowest BCUT2D eigenvalue weighted by molar-refractivity contribution is -0.119. The molecule has 1 aliphatic rings. The van der Waals surface area contributed by atoms with E-state index in [-0.39, 0.29) is 5.91 Å². The van der Waals surface area contributed by atoms with Crippen molar-refractivity contribution in [1.82, 2.24) is 14.8 Å². The zero-order valence-corrected chi connectivity index (χ0v) is 13.8.